The predicted molar refractivity (Wildman–Crippen MR) is 81.0 cm³/mol. The molecule has 20 heavy (non-hydrogen) atoms. The molecule has 0 fully saturated rings. The molecule has 0 aromatic heterocycles. The SMILES string of the molecule is COC(=O)CCCS(=O)(=O)Nc1ccc(C(N)=S)cc1. The number of esters is 1. The molecule has 1 aromatic carbocycles. The molecule has 0 unspecified atom stereocenters. The first-order chi connectivity index (χ1) is 9.34. The molecule has 0 saturated carbocycles. The van der Waals surface area contributed by atoms with Gasteiger partial charge in [-0.2, -0.15) is 0 Å². The molecule has 3 N–H and O–H groups in total. The molecular formula is C12H16N2O4S2. The number of nitrogens with one attached hydrogen (secondary N) is 1. The van der Waals surface area contributed by atoms with Crippen LogP contribution < -0.4 is 10.5 Å². The number of anilines is 1. The Morgan fingerprint density at radius 2 is 1.95 bits per heavy atom. The Bertz CT molecular complexity index is 582. The highest BCUT2D eigenvalue weighted by Crippen LogP contribution is 2.12. The van der Waals surface area contributed by atoms with E-state index in [9.17, 15) is 13.2 Å². The van der Waals surface area contributed by atoms with Gasteiger partial charge in [0.05, 0.1) is 12.9 Å². The molecular weight excluding hydrogens is 300 g/mol. The van der Waals surface area contributed by atoms with Crippen LogP contribution in [0.2, 0.25) is 0 Å². The lowest BCUT2D eigenvalue weighted by atomic mass is 10.2. The minimum atomic E-state index is -3.49. The molecule has 110 valence electrons. The number of carbonyl (C=O) groups excluding carboxylic acids is 1. The van der Waals surface area contributed by atoms with Gasteiger partial charge in [0.15, 0.2) is 0 Å². The zero-order chi connectivity index (χ0) is 15.2. The maximum atomic E-state index is 11.8. The van der Waals surface area contributed by atoms with E-state index in [2.05, 4.69) is 9.46 Å². The Hall–Kier alpha value is -1.67. The molecule has 6 nitrogen and oxygen atoms in total. The Balaban J connectivity index is 2.57. The van der Waals surface area contributed by atoms with E-state index in [1.165, 1.54) is 7.11 Å². The number of sulfonamides is 1. The minimum Gasteiger partial charge on any atom is -0.469 e. The van der Waals surface area contributed by atoms with Crippen LogP contribution in [-0.2, 0) is 19.6 Å². The lowest BCUT2D eigenvalue weighted by molar-refractivity contribution is -0.140. The number of methoxy groups -OCH3 is 1. The van der Waals surface area contributed by atoms with Gasteiger partial charge in [-0.15, -0.1) is 0 Å². The van der Waals surface area contributed by atoms with Gasteiger partial charge < -0.3 is 10.5 Å². The van der Waals surface area contributed by atoms with Crippen LogP contribution in [0, 0.1) is 0 Å². The Morgan fingerprint density at radius 3 is 2.45 bits per heavy atom. The van der Waals surface area contributed by atoms with Gasteiger partial charge >= 0.3 is 5.97 Å². The molecule has 8 heteroatoms. The third-order valence-corrected chi connectivity index (χ3v) is 4.07. The largest absolute Gasteiger partial charge is 0.469 e. The topological polar surface area (TPSA) is 98.5 Å². The van der Waals surface area contributed by atoms with Crippen molar-refractivity contribution in [3.8, 4) is 0 Å². The van der Waals surface area contributed by atoms with Crippen LogP contribution in [0.3, 0.4) is 0 Å². The summed E-state index contributed by atoms with van der Waals surface area (Å²) in [5.74, 6) is -0.583. The van der Waals surface area contributed by atoms with Crippen LogP contribution in [0.5, 0.6) is 0 Å². The Morgan fingerprint density at radius 1 is 1.35 bits per heavy atom. The van der Waals surface area contributed by atoms with Crippen molar-refractivity contribution in [1.82, 2.24) is 0 Å². The minimum absolute atomic E-state index is 0.0673. The summed E-state index contributed by atoms with van der Waals surface area (Å²) in [4.78, 5) is 11.1. The summed E-state index contributed by atoms with van der Waals surface area (Å²) in [5, 5.41) is 0. The highest BCUT2D eigenvalue weighted by atomic mass is 32.2. The van der Waals surface area contributed by atoms with Gasteiger partial charge in [-0.3, -0.25) is 9.52 Å². The van der Waals surface area contributed by atoms with Gasteiger partial charge in [0, 0.05) is 17.7 Å². The lowest BCUT2D eigenvalue weighted by Crippen LogP contribution is -2.18. The summed E-state index contributed by atoms with van der Waals surface area (Å²) >= 11 is 4.80. The lowest BCUT2D eigenvalue weighted by Gasteiger charge is -2.08. The van der Waals surface area contributed by atoms with E-state index < -0.39 is 16.0 Å². The van der Waals surface area contributed by atoms with Gasteiger partial charge in [-0.25, -0.2) is 8.42 Å². The molecule has 0 spiro atoms. The van der Waals surface area contributed by atoms with Crippen molar-refractivity contribution < 1.29 is 17.9 Å². The van der Waals surface area contributed by atoms with E-state index >= 15 is 0 Å². The first-order valence-corrected chi connectivity index (χ1v) is 7.87. The highest BCUT2D eigenvalue weighted by molar-refractivity contribution is 7.92. The fourth-order valence-electron chi connectivity index (χ4n) is 1.44. The molecule has 0 aliphatic rings. The van der Waals surface area contributed by atoms with Crippen molar-refractivity contribution in [3.05, 3.63) is 29.8 Å². The summed E-state index contributed by atoms with van der Waals surface area (Å²) in [7, 11) is -2.23. The van der Waals surface area contributed by atoms with E-state index in [-0.39, 0.29) is 23.6 Å². The third-order valence-electron chi connectivity index (χ3n) is 2.46. The normalized spacial score (nSPS) is 10.8. The molecule has 0 saturated heterocycles. The summed E-state index contributed by atoms with van der Waals surface area (Å²) in [5.41, 5.74) is 6.53. The van der Waals surface area contributed by atoms with Crippen LogP contribution >= 0.6 is 12.2 Å². The smallest absolute Gasteiger partial charge is 0.305 e. The molecule has 0 bridgehead atoms. The van der Waals surface area contributed by atoms with Crippen LogP contribution in [0.15, 0.2) is 24.3 Å². The van der Waals surface area contributed by atoms with Crippen LogP contribution in [0.4, 0.5) is 5.69 Å². The Labute approximate surface area is 123 Å². The van der Waals surface area contributed by atoms with Gasteiger partial charge in [-0.05, 0) is 30.7 Å². The number of ether oxygens (including phenoxy) is 1. The number of hydrogen-bond acceptors (Lipinski definition) is 5. The second kappa shape index (κ2) is 7.20. The van der Waals surface area contributed by atoms with Crippen LogP contribution in [0.25, 0.3) is 0 Å². The van der Waals surface area contributed by atoms with E-state index in [0.717, 1.165) is 0 Å². The quantitative estimate of drug-likeness (QED) is 0.575. The number of nitrogens with two attached hydrogens (primary N) is 1. The van der Waals surface area contributed by atoms with Gasteiger partial charge in [0.1, 0.15) is 4.99 Å². The average Bonchev–Trinajstić information content (AvgIpc) is 2.38. The zero-order valence-electron chi connectivity index (χ0n) is 11.0. The summed E-state index contributed by atoms with van der Waals surface area (Å²) in [6.45, 7) is 0. The fraction of sp³-hybridized carbons (Fsp3) is 0.333. The second-order valence-electron chi connectivity index (χ2n) is 4.04. The number of thiocarbonyl (C=S) groups is 1. The first-order valence-electron chi connectivity index (χ1n) is 5.81. The highest BCUT2D eigenvalue weighted by Gasteiger charge is 2.12. The molecule has 1 aromatic rings. The van der Waals surface area contributed by atoms with Gasteiger partial charge in [-0.1, -0.05) is 12.2 Å². The van der Waals surface area contributed by atoms with Gasteiger partial charge in [0.2, 0.25) is 10.0 Å². The number of rotatable bonds is 7. The second-order valence-corrected chi connectivity index (χ2v) is 6.32. The Kier molecular flexibility index (Phi) is 5.90. The maximum absolute atomic E-state index is 11.8. The average molecular weight is 316 g/mol. The number of hydrogen-bond donors (Lipinski definition) is 2. The molecule has 0 aliphatic carbocycles. The predicted octanol–water partition coefficient (Wildman–Crippen LogP) is 1.02. The molecule has 0 radical (unpaired) electrons. The molecule has 1 rings (SSSR count). The molecule has 0 heterocycles. The summed E-state index contributed by atoms with van der Waals surface area (Å²) in [6.07, 6.45) is 0.269. The number of carbonyl (C=O) groups is 1. The summed E-state index contributed by atoms with van der Waals surface area (Å²) < 4.78 is 30.4. The first kappa shape index (κ1) is 16.4. The van der Waals surface area contributed by atoms with Crippen molar-refractivity contribution in [2.24, 2.45) is 5.73 Å². The molecule has 0 amide bonds. The van der Waals surface area contributed by atoms with E-state index in [0.29, 0.717) is 11.3 Å². The molecule has 0 atom stereocenters. The van der Waals surface area contributed by atoms with Crippen LogP contribution in [-0.4, -0.2) is 32.2 Å². The fourth-order valence-corrected chi connectivity index (χ4v) is 2.70. The third kappa shape index (κ3) is 5.54. The monoisotopic (exact) mass is 316 g/mol. The summed E-state index contributed by atoms with van der Waals surface area (Å²) in [6, 6.07) is 6.42. The van der Waals surface area contributed by atoms with Crippen LogP contribution in [0.1, 0.15) is 18.4 Å². The molecule has 0 aliphatic heterocycles. The standard InChI is InChI=1S/C12H16N2O4S2/c1-18-11(15)3-2-8-20(16,17)14-10-6-4-9(5-7-10)12(13)19/h4-7,14H,2-3,8H2,1H3,(H2,13,19). The van der Waals surface area contributed by atoms with Gasteiger partial charge in [0.25, 0.3) is 0 Å². The maximum Gasteiger partial charge on any atom is 0.305 e. The van der Waals surface area contributed by atoms with Crippen molar-refractivity contribution in [1.29, 1.82) is 0 Å². The van der Waals surface area contributed by atoms with Crippen molar-refractivity contribution in [2.45, 2.75) is 12.8 Å². The van der Waals surface area contributed by atoms with Crippen molar-refractivity contribution >= 4 is 38.9 Å². The van der Waals surface area contributed by atoms with Crippen molar-refractivity contribution in [3.63, 3.8) is 0 Å². The zero-order valence-corrected chi connectivity index (χ0v) is 12.6. The van der Waals surface area contributed by atoms with E-state index in [4.69, 9.17) is 18.0 Å². The van der Waals surface area contributed by atoms with Crippen molar-refractivity contribution in [2.75, 3.05) is 17.6 Å². The van der Waals surface area contributed by atoms with E-state index in [1.807, 2.05) is 0 Å². The van der Waals surface area contributed by atoms with E-state index in [1.54, 1.807) is 24.3 Å². The number of benzene rings is 1.